The molecule has 1 aliphatic carbocycles. The molecule has 0 radical (unpaired) electrons. The van der Waals surface area contributed by atoms with Crippen molar-refractivity contribution in [1.82, 2.24) is 14.8 Å². The first-order valence-corrected chi connectivity index (χ1v) is 5.55. The van der Waals surface area contributed by atoms with Crippen molar-refractivity contribution in [3.8, 4) is 0 Å². The number of nitrogens with zero attached hydrogens (tertiary/aromatic N) is 3. The summed E-state index contributed by atoms with van der Waals surface area (Å²) in [5.74, 6) is 0.592. The Kier molecular flexibility index (Phi) is 3.65. The van der Waals surface area contributed by atoms with E-state index in [0.29, 0.717) is 5.92 Å². The zero-order valence-corrected chi connectivity index (χ0v) is 11.0. The molecule has 0 unspecified atom stereocenters. The molecule has 1 aliphatic rings. The number of rotatable bonds is 2. The summed E-state index contributed by atoms with van der Waals surface area (Å²) in [4.78, 5) is 3.97. The maximum atomic E-state index is 6.33. The van der Waals surface area contributed by atoms with E-state index in [4.69, 9.17) is 5.73 Å². The summed E-state index contributed by atoms with van der Waals surface area (Å²) in [6, 6.07) is 0. The molecule has 16 heavy (non-hydrogen) atoms. The van der Waals surface area contributed by atoms with Gasteiger partial charge < -0.3 is 5.73 Å². The molecule has 0 amide bonds. The van der Waals surface area contributed by atoms with Gasteiger partial charge in [0.15, 0.2) is 0 Å². The van der Waals surface area contributed by atoms with Crippen molar-refractivity contribution in [2.75, 3.05) is 0 Å². The van der Waals surface area contributed by atoms with E-state index < -0.39 is 0 Å². The lowest BCUT2D eigenvalue weighted by atomic mass is 9.72. The second-order valence-corrected chi connectivity index (χ2v) is 5.49. The molecule has 0 saturated heterocycles. The van der Waals surface area contributed by atoms with Crippen molar-refractivity contribution < 1.29 is 0 Å². The van der Waals surface area contributed by atoms with Crippen LogP contribution in [0.25, 0.3) is 0 Å². The number of hydrogen-bond acceptors (Lipinski definition) is 3. The van der Waals surface area contributed by atoms with Crippen LogP contribution in [0.1, 0.15) is 33.6 Å². The van der Waals surface area contributed by atoms with E-state index in [2.05, 4.69) is 30.9 Å². The third kappa shape index (κ3) is 2.09. The van der Waals surface area contributed by atoms with Crippen LogP contribution in [0.4, 0.5) is 0 Å². The molecule has 92 valence electrons. The molecule has 2 rings (SSSR count). The molecule has 2 N–H and O–H groups in total. The lowest BCUT2D eigenvalue weighted by Gasteiger charge is -2.38. The van der Waals surface area contributed by atoms with Crippen molar-refractivity contribution in [1.29, 1.82) is 0 Å². The van der Waals surface area contributed by atoms with E-state index in [1.807, 2.05) is 4.68 Å². The first-order chi connectivity index (χ1) is 6.93. The summed E-state index contributed by atoms with van der Waals surface area (Å²) in [6.45, 7) is 7.62. The smallest absolute Gasteiger partial charge is 0.137 e. The Morgan fingerprint density at radius 3 is 2.56 bits per heavy atom. The van der Waals surface area contributed by atoms with Gasteiger partial charge in [0.05, 0.1) is 0 Å². The van der Waals surface area contributed by atoms with Crippen LogP contribution in [-0.4, -0.2) is 20.3 Å². The Balaban J connectivity index is 0.00000128. The second-order valence-electron chi connectivity index (χ2n) is 5.49. The predicted molar refractivity (Wildman–Crippen MR) is 66.4 cm³/mol. The molecule has 1 heterocycles. The minimum Gasteiger partial charge on any atom is -0.325 e. The molecule has 1 aromatic rings. The summed E-state index contributed by atoms with van der Waals surface area (Å²) in [5, 5.41) is 4.16. The first-order valence-electron chi connectivity index (χ1n) is 5.55. The predicted octanol–water partition coefficient (Wildman–Crippen LogP) is 1.85. The molecule has 4 nitrogen and oxygen atoms in total. The highest BCUT2D eigenvalue weighted by Crippen LogP contribution is 2.48. The van der Waals surface area contributed by atoms with E-state index in [-0.39, 0.29) is 23.4 Å². The van der Waals surface area contributed by atoms with E-state index in [0.717, 1.165) is 13.0 Å². The van der Waals surface area contributed by atoms with Gasteiger partial charge in [-0.1, -0.05) is 13.8 Å². The highest BCUT2D eigenvalue weighted by Gasteiger charge is 2.48. The summed E-state index contributed by atoms with van der Waals surface area (Å²) in [7, 11) is 0. The number of nitrogens with two attached hydrogens (primary N) is 1. The van der Waals surface area contributed by atoms with Gasteiger partial charge in [0.1, 0.15) is 12.7 Å². The van der Waals surface area contributed by atoms with Crippen molar-refractivity contribution in [3.05, 3.63) is 12.7 Å². The SMILES string of the molecule is CC1(C)[C@H](Cn2cncn2)CC[C@]1(C)N.Cl. The Labute approximate surface area is 103 Å². The van der Waals surface area contributed by atoms with Crippen molar-refractivity contribution in [3.63, 3.8) is 0 Å². The lowest BCUT2D eigenvalue weighted by molar-refractivity contribution is 0.147. The van der Waals surface area contributed by atoms with Gasteiger partial charge in [-0.15, -0.1) is 12.4 Å². The van der Waals surface area contributed by atoms with Crippen molar-refractivity contribution in [2.24, 2.45) is 17.1 Å². The van der Waals surface area contributed by atoms with E-state index in [1.54, 1.807) is 12.7 Å². The maximum Gasteiger partial charge on any atom is 0.137 e. The summed E-state index contributed by atoms with van der Waals surface area (Å²) in [6.07, 6.45) is 5.64. The molecule has 1 saturated carbocycles. The molecule has 1 fully saturated rings. The van der Waals surface area contributed by atoms with Gasteiger partial charge in [-0.05, 0) is 31.1 Å². The molecule has 1 aromatic heterocycles. The van der Waals surface area contributed by atoms with Gasteiger partial charge in [0.25, 0.3) is 0 Å². The highest BCUT2D eigenvalue weighted by atomic mass is 35.5. The van der Waals surface area contributed by atoms with Crippen LogP contribution in [-0.2, 0) is 6.54 Å². The molecular weight excluding hydrogens is 224 g/mol. The average Bonchev–Trinajstić information content (AvgIpc) is 2.69. The zero-order chi connectivity index (χ0) is 11.1. The molecule has 0 aliphatic heterocycles. The quantitative estimate of drug-likeness (QED) is 0.864. The fourth-order valence-corrected chi connectivity index (χ4v) is 2.50. The van der Waals surface area contributed by atoms with Crippen LogP contribution in [0.3, 0.4) is 0 Å². The van der Waals surface area contributed by atoms with E-state index in [9.17, 15) is 0 Å². The fraction of sp³-hybridized carbons (Fsp3) is 0.818. The molecule has 2 atom stereocenters. The van der Waals surface area contributed by atoms with E-state index >= 15 is 0 Å². The van der Waals surface area contributed by atoms with Gasteiger partial charge in [-0.2, -0.15) is 5.10 Å². The molecule has 0 aromatic carbocycles. The first kappa shape index (κ1) is 13.5. The van der Waals surface area contributed by atoms with Gasteiger partial charge in [-0.25, -0.2) is 4.98 Å². The standard InChI is InChI=1S/C11H20N4.ClH/c1-10(2)9(4-5-11(10,3)12)6-15-8-13-7-14-15;/h7-9H,4-6,12H2,1-3H3;1H/t9-,11-;/m0./s1. The molecule has 0 bridgehead atoms. The monoisotopic (exact) mass is 244 g/mol. The Bertz CT molecular complexity index is 332. The number of hydrogen-bond donors (Lipinski definition) is 1. The van der Waals surface area contributed by atoms with Crippen LogP contribution in [0.15, 0.2) is 12.7 Å². The van der Waals surface area contributed by atoms with Crippen LogP contribution >= 0.6 is 12.4 Å². The summed E-state index contributed by atoms with van der Waals surface area (Å²) in [5.41, 5.74) is 6.44. The van der Waals surface area contributed by atoms with E-state index in [1.165, 1.54) is 6.42 Å². The topological polar surface area (TPSA) is 56.7 Å². The van der Waals surface area contributed by atoms with Gasteiger partial charge in [0.2, 0.25) is 0 Å². The Morgan fingerprint density at radius 2 is 2.12 bits per heavy atom. The van der Waals surface area contributed by atoms with Gasteiger partial charge in [-0.3, -0.25) is 4.68 Å². The summed E-state index contributed by atoms with van der Waals surface area (Å²) < 4.78 is 1.91. The number of aromatic nitrogens is 3. The minimum absolute atomic E-state index is 0. The molecule has 5 heteroatoms. The molecular formula is C11H21ClN4. The highest BCUT2D eigenvalue weighted by molar-refractivity contribution is 5.85. The third-order valence-corrected chi connectivity index (χ3v) is 4.38. The average molecular weight is 245 g/mol. The van der Waals surface area contributed by atoms with Crippen molar-refractivity contribution >= 4 is 12.4 Å². The normalized spacial score (nSPS) is 32.4. The minimum atomic E-state index is -0.0573. The van der Waals surface area contributed by atoms with Gasteiger partial charge >= 0.3 is 0 Å². The largest absolute Gasteiger partial charge is 0.325 e. The summed E-state index contributed by atoms with van der Waals surface area (Å²) >= 11 is 0. The zero-order valence-electron chi connectivity index (χ0n) is 10.2. The van der Waals surface area contributed by atoms with Crippen LogP contribution in [0.2, 0.25) is 0 Å². The van der Waals surface area contributed by atoms with Crippen LogP contribution in [0.5, 0.6) is 0 Å². The Morgan fingerprint density at radius 1 is 1.44 bits per heavy atom. The van der Waals surface area contributed by atoms with Crippen LogP contribution in [0, 0.1) is 11.3 Å². The van der Waals surface area contributed by atoms with Gasteiger partial charge in [0, 0.05) is 12.1 Å². The lowest BCUT2D eigenvalue weighted by Crippen LogP contribution is -2.48. The second kappa shape index (κ2) is 4.34. The fourth-order valence-electron chi connectivity index (χ4n) is 2.50. The van der Waals surface area contributed by atoms with Crippen LogP contribution < -0.4 is 5.73 Å². The third-order valence-electron chi connectivity index (χ3n) is 4.38. The Hall–Kier alpha value is -0.610. The van der Waals surface area contributed by atoms with Crippen molar-refractivity contribution in [2.45, 2.75) is 45.7 Å². The maximum absolute atomic E-state index is 6.33. The number of halogens is 1. The molecule has 0 spiro atoms.